The molecular weight excluding hydrogens is 144 g/mol. The van der Waals surface area contributed by atoms with Gasteiger partial charge in [0.1, 0.15) is 0 Å². The summed E-state index contributed by atoms with van der Waals surface area (Å²) in [7, 11) is 0. The standard InChI is InChI=1S/C12H20/c1-8-9-6-10(12(8,4)5)11(2,3)7-9/h9-10H,1,6-7H2,2-5H3. The number of rotatable bonds is 0. The van der Waals surface area contributed by atoms with Gasteiger partial charge in [-0.25, -0.2) is 0 Å². The highest BCUT2D eigenvalue weighted by Crippen LogP contribution is 2.65. The lowest BCUT2D eigenvalue weighted by Crippen LogP contribution is -2.34. The Morgan fingerprint density at radius 2 is 1.83 bits per heavy atom. The molecule has 2 saturated carbocycles. The van der Waals surface area contributed by atoms with Gasteiger partial charge in [0, 0.05) is 0 Å². The zero-order valence-corrected chi connectivity index (χ0v) is 8.78. The highest BCUT2D eigenvalue weighted by molar-refractivity contribution is 5.26. The van der Waals surface area contributed by atoms with Crippen molar-refractivity contribution in [2.45, 2.75) is 40.5 Å². The van der Waals surface area contributed by atoms with Gasteiger partial charge < -0.3 is 0 Å². The van der Waals surface area contributed by atoms with Crippen molar-refractivity contribution >= 4 is 0 Å². The van der Waals surface area contributed by atoms with Crippen molar-refractivity contribution in [3.05, 3.63) is 12.2 Å². The Hall–Kier alpha value is -0.260. The largest absolute Gasteiger partial charge is 0.0990 e. The van der Waals surface area contributed by atoms with Crippen molar-refractivity contribution in [3.63, 3.8) is 0 Å². The van der Waals surface area contributed by atoms with Gasteiger partial charge in [-0.15, -0.1) is 0 Å². The molecule has 0 amide bonds. The monoisotopic (exact) mass is 164 g/mol. The van der Waals surface area contributed by atoms with Gasteiger partial charge in [-0.05, 0) is 35.5 Å². The highest BCUT2D eigenvalue weighted by atomic mass is 14.6. The van der Waals surface area contributed by atoms with Crippen LogP contribution in [0, 0.1) is 22.7 Å². The Bertz CT molecular complexity index is 232. The maximum Gasteiger partial charge on any atom is -0.0111 e. The van der Waals surface area contributed by atoms with Crippen LogP contribution in [0.15, 0.2) is 12.2 Å². The summed E-state index contributed by atoms with van der Waals surface area (Å²) in [6.45, 7) is 13.9. The van der Waals surface area contributed by atoms with Crippen LogP contribution in [0.2, 0.25) is 0 Å². The summed E-state index contributed by atoms with van der Waals surface area (Å²) in [5, 5.41) is 0. The molecule has 2 aliphatic rings. The maximum absolute atomic E-state index is 4.26. The lowest BCUT2D eigenvalue weighted by atomic mass is 9.62. The molecule has 0 spiro atoms. The van der Waals surface area contributed by atoms with Crippen LogP contribution in [0.4, 0.5) is 0 Å². The van der Waals surface area contributed by atoms with Gasteiger partial charge in [-0.2, -0.15) is 0 Å². The smallest absolute Gasteiger partial charge is 0.0111 e. The first-order chi connectivity index (χ1) is 5.36. The van der Waals surface area contributed by atoms with Crippen LogP contribution < -0.4 is 0 Å². The van der Waals surface area contributed by atoms with E-state index in [1.807, 2.05) is 0 Å². The topological polar surface area (TPSA) is 0 Å². The van der Waals surface area contributed by atoms with Gasteiger partial charge in [-0.1, -0.05) is 39.8 Å². The summed E-state index contributed by atoms with van der Waals surface area (Å²) < 4.78 is 0. The molecule has 0 aromatic rings. The fraction of sp³-hybridized carbons (Fsp3) is 0.833. The van der Waals surface area contributed by atoms with E-state index in [1.54, 1.807) is 0 Å². The molecule has 0 heterocycles. The van der Waals surface area contributed by atoms with Crippen molar-refractivity contribution in [2.75, 3.05) is 0 Å². The van der Waals surface area contributed by atoms with Crippen LogP contribution in [0.5, 0.6) is 0 Å². The highest BCUT2D eigenvalue weighted by Gasteiger charge is 2.56. The Balaban J connectivity index is 2.39. The summed E-state index contributed by atoms with van der Waals surface area (Å²) in [5.74, 6) is 1.71. The fourth-order valence-corrected chi connectivity index (χ4v) is 3.75. The van der Waals surface area contributed by atoms with Gasteiger partial charge in [0.15, 0.2) is 0 Å². The van der Waals surface area contributed by atoms with Gasteiger partial charge in [0.2, 0.25) is 0 Å². The molecular formula is C12H20. The summed E-state index contributed by atoms with van der Waals surface area (Å²) in [5.41, 5.74) is 2.49. The van der Waals surface area contributed by atoms with Gasteiger partial charge >= 0.3 is 0 Å². The maximum atomic E-state index is 4.26. The van der Waals surface area contributed by atoms with E-state index in [4.69, 9.17) is 0 Å². The van der Waals surface area contributed by atoms with Crippen LogP contribution in [0.25, 0.3) is 0 Å². The molecule has 12 heavy (non-hydrogen) atoms. The van der Waals surface area contributed by atoms with E-state index in [0.717, 1.165) is 11.8 Å². The normalized spacial score (nSPS) is 42.2. The van der Waals surface area contributed by atoms with Crippen LogP contribution in [-0.4, -0.2) is 0 Å². The number of allylic oxidation sites excluding steroid dienone is 1. The first-order valence-corrected chi connectivity index (χ1v) is 5.05. The molecule has 0 aromatic carbocycles. The molecule has 2 aliphatic carbocycles. The molecule has 2 atom stereocenters. The molecule has 0 aliphatic heterocycles. The van der Waals surface area contributed by atoms with E-state index in [1.165, 1.54) is 18.4 Å². The second kappa shape index (κ2) is 1.97. The minimum absolute atomic E-state index is 0.409. The van der Waals surface area contributed by atoms with E-state index >= 15 is 0 Å². The van der Waals surface area contributed by atoms with E-state index in [9.17, 15) is 0 Å². The molecule has 0 saturated heterocycles. The molecule has 2 rings (SSSR count). The summed E-state index contributed by atoms with van der Waals surface area (Å²) in [4.78, 5) is 0. The van der Waals surface area contributed by atoms with E-state index in [2.05, 4.69) is 34.3 Å². The SMILES string of the molecule is C=C1C2CC(C(C)(C)C2)C1(C)C. The molecule has 2 fully saturated rings. The molecule has 0 radical (unpaired) electrons. The minimum atomic E-state index is 0.409. The summed E-state index contributed by atoms with van der Waals surface area (Å²) in [6.07, 6.45) is 2.78. The quantitative estimate of drug-likeness (QED) is 0.479. The molecule has 68 valence electrons. The average molecular weight is 164 g/mol. The Morgan fingerprint density at radius 1 is 1.25 bits per heavy atom. The van der Waals surface area contributed by atoms with Crippen molar-refractivity contribution in [3.8, 4) is 0 Å². The Labute approximate surface area is 76.1 Å². The van der Waals surface area contributed by atoms with Gasteiger partial charge in [0.25, 0.3) is 0 Å². The van der Waals surface area contributed by atoms with Gasteiger partial charge in [0.05, 0.1) is 0 Å². The molecule has 2 bridgehead atoms. The fourth-order valence-electron chi connectivity index (χ4n) is 3.75. The number of hydrogen-bond acceptors (Lipinski definition) is 0. The zero-order valence-electron chi connectivity index (χ0n) is 8.78. The third-order valence-electron chi connectivity index (χ3n) is 4.43. The van der Waals surface area contributed by atoms with Crippen LogP contribution in [-0.2, 0) is 0 Å². The zero-order chi connectivity index (χ0) is 9.15. The summed E-state index contributed by atoms with van der Waals surface area (Å²) >= 11 is 0. The Morgan fingerprint density at radius 3 is 2.17 bits per heavy atom. The van der Waals surface area contributed by atoms with Crippen LogP contribution >= 0.6 is 0 Å². The number of fused-ring (bicyclic) bond motifs is 2. The first-order valence-electron chi connectivity index (χ1n) is 5.05. The molecule has 0 heteroatoms. The second-order valence-corrected chi connectivity index (χ2v) is 5.92. The van der Waals surface area contributed by atoms with Crippen molar-refractivity contribution in [2.24, 2.45) is 22.7 Å². The lowest BCUT2D eigenvalue weighted by molar-refractivity contribution is 0.127. The van der Waals surface area contributed by atoms with Crippen molar-refractivity contribution < 1.29 is 0 Å². The predicted octanol–water partition coefficient (Wildman–Crippen LogP) is 3.63. The Kier molecular flexibility index (Phi) is 1.37. The van der Waals surface area contributed by atoms with Crippen LogP contribution in [0.3, 0.4) is 0 Å². The molecule has 0 nitrogen and oxygen atoms in total. The average Bonchev–Trinajstić information content (AvgIpc) is 2.31. The third-order valence-corrected chi connectivity index (χ3v) is 4.43. The predicted molar refractivity (Wildman–Crippen MR) is 52.9 cm³/mol. The van der Waals surface area contributed by atoms with Gasteiger partial charge in [-0.3, -0.25) is 0 Å². The van der Waals surface area contributed by atoms with E-state index in [0.29, 0.717) is 10.8 Å². The lowest BCUT2D eigenvalue weighted by Gasteiger charge is -2.42. The third kappa shape index (κ3) is 0.787. The van der Waals surface area contributed by atoms with Crippen LogP contribution in [0.1, 0.15) is 40.5 Å². The van der Waals surface area contributed by atoms with Crippen molar-refractivity contribution in [1.82, 2.24) is 0 Å². The van der Waals surface area contributed by atoms with Crippen molar-refractivity contribution in [1.29, 1.82) is 0 Å². The minimum Gasteiger partial charge on any atom is -0.0990 e. The molecule has 2 unspecified atom stereocenters. The number of hydrogen-bond donors (Lipinski definition) is 0. The van der Waals surface area contributed by atoms with E-state index in [-0.39, 0.29) is 0 Å². The molecule has 0 N–H and O–H groups in total. The molecule has 0 aromatic heterocycles. The van der Waals surface area contributed by atoms with E-state index < -0.39 is 0 Å². The first kappa shape index (κ1) is 8.34. The summed E-state index contributed by atoms with van der Waals surface area (Å²) in [6, 6.07) is 0. The second-order valence-electron chi connectivity index (χ2n) is 5.92.